The molecular formula is C11H23NO. The van der Waals surface area contributed by atoms with E-state index in [4.69, 9.17) is 0 Å². The molecular weight excluding hydrogens is 162 g/mol. The minimum Gasteiger partial charge on any atom is -0.306 e. The van der Waals surface area contributed by atoms with Crippen LogP contribution < -0.4 is 0 Å². The van der Waals surface area contributed by atoms with Crippen molar-refractivity contribution in [2.75, 3.05) is 20.1 Å². The second kappa shape index (κ2) is 8.24. The molecule has 0 amide bonds. The standard InChI is InChI=1S/C11H23NO/c1-4-5-9-12(3)10-7-6-8-11(2)13/h4-10H2,1-3H3. The summed E-state index contributed by atoms with van der Waals surface area (Å²) in [7, 11) is 2.16. The molecule has 0 heterocycles. The quantitative estimate of drug-likeness (QED) is 0.541. The van der Waals surface area contributed by atoms with Crippen LogP contribution in [0.5, 0.6) is 0 Å². The van der Waals surface area contributed by atoms with Crippen molar-refractivity contribution in [1.82, 2.24) is 4.90 Å². The topological polar surface area (TPSA) is 20.3 Å². The zero-order valence-corrected chi connectivity index (χ0v) is 9.31. The molecule has 0 spiro atoms. The molecule has 0 bridgehead atoms. The molecule has 0 atom stereocenters. The smallest absolute Gasteiger partial charge is 0.129 e. The minimum absolute atomic E-state index is 0.316. The summed E-state index contributed by atoms with van der Waals surface area (Å²) in [5, 5.41) is 0. The summed E-state index contributed by atoms with van der Waals surface area (Å²) >= 11 is 0. The molecule has 0 aromatic heterocycles. The first-order valence-corrected chi connectivity index (χ1v) is 5.34. The fourth-order valence-corrected chi connectivity index (χ4v) is 1.30. The third-order valence-corrected chi connectivity index (χ3v) is 2.21. The van der Waals surface area contributed by atoms with Crippen LogP contribution in [0, 0.1) is 0 Å². The molecule has 78 valence electrons. The van der Waals surface area contributed by atoms with E-state index in [1.807, 2.05) is 0 Å². The van der Waals surface area contributed by atoms with Crippen LogP contribution in [0.1, 0.15) is 46.0 Å². The van der Waals surface area contributed by atoms with E-state index in [2.05, 4.69) is 18.9 Å². The Bertz CT molecular complexity index is 134. The molecule has 0 N–H and O–H groups in total. The molecule has 0 aromatic carbocycles. The Labute approximate surface area is 82.3 Å². The van der Waals surface area contributed by atoms with Crippen LogP contribution in [0.25, 0.3) is 0 Å². The van der Waals surface area contributed by atoms with Crippen LogP contribution in [0.4, 0.5) is 0 Å². The van der Waals surface area contributed by atoms with Crippen molar-refractivity contribution in [2.24, 2.45) is 0 Å². The first kappa shape index (κ1) is 12.6. The van der Waals surface area contributed by atoms with Gasteiger partial charge in [0, 0.05) is 6.42 Å². The molecule has 0 fully saturated rings. The monoisotopic (exact) mass is 185 g/mol. The normalized spacial score (nSPS) is 10.8. The van der Waals surface area contributed by atoms with Crippen LogP contribution in [0.15, 0.2) is 0 Å². The second-order valence-electron chi connectivity index (χ2n) is 3.82. The van der Waals surface area contributed by atoms with Crippen molar-refractivity contribution < 1.29 is 4.79 Å². The Kier molecular flexibility index (Phi) is 8.00. The van der Waals surface area contributed by atoms with Gasteiger partial charge in [-0.25, -0.2) is 0 Å². The molecule has 13 heavy (non-hydrogen) atoms. The zero-order valence-electron chi connectivity index (χ0n) is 9.31. The Hall–Kier alpha value is -0.370. The molecule has 0 aromatic rings. The lowest BCUT2D eigenvalue weighted by Crippen LogP contribution is -2.20. The van der Waals surface area contributed by atoms with Gasteiger partial charge in [-0.2, -0.15) is 0 Å². The van der Waals surface area contributed by atoms with Gasteiger partial charge in [-0.3, -0.25) is 0 Å². The van der Waals surface area contributed by atoms with Crippen LogP contribution in [-0.4, -0.2) is 30.8 Å². The van der Waals surface area contributed by atoms with E-state index >= 15 is 0 Å². The number of ketones is 1. The van der Waals surface area contributed by atoms with E-state index in [0.717, 1.165) is 25.8 Å². The summed E-state index contributed by atoms with van der Waals surface area (Å²) in [6.45, 7) is 6.20. The van der Waals surface area contributed by atoms with Gasteiger partial charge in [0.25, 0.3) is 0 Å². The van der Waals surface area contributed by atoms with E-state index in [0.29, 0.717) is 5.78 Å². The van der Waals surface area contributed by atoms with Gasteiger partial charge in [0.2, 0.25) is 0 Å². The molecule has 0 aliphatic carbocycles. The number of Topliss-reactive ketones (excluding diaryl/α,β-unsaturated/α-hetero) is 1. The number of nitrogens with zero attached hydrogens (tertiary/aromatic N) is 1. The molecule has 0 aliphatic heterocycles. The number of rotatable bonds is 8. The highest BCUT2D eigenvalue weighted by molar-refractivity contribution is 5.75. The molecule has 0 saturated heterocycles. The van der Waals surface area contributed by atoms with Gasteiger partial charge in [0.05, 0.1) is 0 Å². The number of unbranched alkanes of at least 4 members (excludes halogenated alkanes) is 2. The fourth-order valence-electron chi connectivity index (χ4n) is 1.30. The third-order valence-electron chi connectivity index (χ3n) is 2.21. The lowest BCUT2D eigenvalue weighted by atomic mass is 10.2. The Morgan fingerprint density at radius 2 is 1.77 bits per heavy atom. The largest absolute Gasteiger partial charge is 0.306 e. The Morgan fingerprint density at radius 1 is 1.15 bits per heavy atom. The van der Waals surface area contributed by atoms with Crippen molar-refractivity contribution >= 4 is 5.78 Å². The van der Waals surface area contributed by atoms with Crippen LogP contribution in [0.2, 0.25) is 0 Å². The molecule has 0 rings (SSSR count). The van der Waals surface area contributed by atoms with Gasteiger partial charge in [-0.05, 0) is 46.3 Å². The Balaban J connectivity index is 3.16. The average molecular weight is 185 g/mol. The number of hydrogen-bond acceptors (Lipinski definition) is 2. The molecule has 0 radical (unpaired) electrons. The van der Waals surface area contributed by atoms with Crippen LogP contribution in [0.3, 0.4) is 0 Å². The summed E-state index contributed by atoms with van der Waals surface area (Å²) in [6, 6.07) is 0. The number of hydrogen-bond donors (Lipinski definition) is 0. The molecule has 2 nitrogen and oxygen atoms in total. The van der Waals surface area contributed by atoms with E-state index in [-0.39, 0.29) is 0 Å². The van der Waals surface area contributed by atoms with Crippen molar-refractivity contribution in [3.8, 4) is 0 Å². The summed E-state index contributed by atoms with van der Waals surface area (Å²) < 4.78 is 0. The van der Waals surface area contributed by atoms with Gasteiger partial charge in [0.1, 0.15) is 5.78 Å². The predicted octanol–water partition coefficient (Wildman–Crippen LogP) is 2.48. The van der Waals surface area contributed by atoms with E-state index in [9.17, 15) is 4.79 Å². The predicted molar refractivity (Wildman–Crippen MR) is 56.9 cm³/mol. The summed E-state index contributed by atoms with van der Waals surface area (Å²) in [5.41, 5.74) is 0. The third kappa shape index (κ3) is 9.54. The molecule has 0 saturated carbocycles. The summed E-state index contributed by atoms with van der Waals surface area (Å²) in [5.74, 6) is 0.316. The van der Waals surface area contributed by atoms with Gasteiger partial charge in [0.15, 0.2) is 0 Å². The van der Waals surface area contributed by atoms with Gasteiger partial charge < -0.3 is 9.69 Å². The summed E-state index contributed by atoms with van der Waals surface area (Å²) in [4.78, 5) is 13.0. The fraction of sp³-hybridized carbons (Fsp3) is 0.909. The molecule has 0 aliphatic rings. The summed E-state index contributed by atoms with van der Waals surface area (Å²) in [6.07, 6.45) is 5.49. The van der Waals surface area contributed by atoms with Gasteiger partial charge in [-0.15, -0.1) is 0 Å². The van der Waals surface area contributed by atoms with E-state index in [1.54, 1.807) is 6.92 Å². The van der Waals surface area contributed by atoms with Crippen LogP contribution in [-0.2, 0) is 4.79 Å². The van der Waals surface area contributed by atoms with Crippen molar-refractivity contribution in [1.29, 1.82) is 0 Å². The second-order valence-corrected chi connectivity index (χ2v) is 3.82. The highest BCUT2D eigenvalue weighted by atomic mass is 16.1. The maximum absolute atomic E-state index is 10.6. The maximum atomic E-state index is 10.6. The lowest BCUT2D eigenvalue weighted by molar-refractivity contribution is -0.117. The van der Waals surface area contributed by atoms with Crippen LogP contribution >= 0.6 is 0 Å². The lowest BCUT2D eigenvalue weighted by Gasteiger charge is -2.15. The van der Waals surface area contributed by atoms with Crippen molar-refractivity contribution in [3.05, 3.63) is 0 Å². The van der Waals surface area contributed by atoms with Gasteiger partial charge in [-0.1, -0.05) is 13.3 Å². The highest BCUT2D eigenvalue weighted by Crippen LogP contribution is 1.99. The maximum Gasteiger partial charge on any atom is 0.129 e. The SMILES string of the molecule is CCCCN(C)CCCCC(C)=O. The van der Waals surface area contributed by atoms with Gasteiger partial charge >= 0.3 is 0 Å². The molecule has 2 heteroatoms. The van der Waals surface area contributed by atoms with E-state index in [1.165, 1.54) is 19.4 Å². The zero-order chi connectivity index (χ0) is 10.1. The van der Waals surface area contributed by atoms with Crippen molar-refractivity contribution in [3.63, 3.8) is 0 Å². The minimum atomic E-state index is 0.316. The molecule has 0 unspecified atom stereocenters. The Morgan fingerprint density at radius 3 is 2.31 bits per heavy atom. The highest BCUT2D eigenvalue weighted by Gasteiger charge is 1.98. The first-order chi connectivity index (χ1) is 6.16. The van der Waals surface area contributed by atoms with E-state index < -0.39 is 0 Å². The average Bonchev–Trinajstić information content (AvgIpc) is 2.08. The number of carbonyl (C=O) groups excluding carboxylic acids is 1. The first-order valence-electron chi connectivity index (χ1n) is 5.34. The van der Waals surface area contributed by atoms with Crippen molar-refractivity contribution in [2.45, 2.75) is 46.0 Å². The number of carbonyl (C=O) groups is 1.